The van der Waals surface area contributed by atoms with Crippen molar-refractivity contribution in [1.82, 2.24) is 9.78 Å². The van der Waals surface area contributed by atoms with Gasteiger partial charge in [0, 0.05) is 11.3 Å². The van der Waals surface area contributed by atoms with Crippen molar-refractivity contribution in [3.05, 3.63) is 71.4 Å². The predicted octanol–water partition coefficient (Wildman–Crippen LogP) is 3.53. The molecule has 4 rings (SSSR count). The first kappa shape index (κ1) is 13.6. The van der Waals surface area contributed by atoms with Crippen LogP contribution in [0.15, 0.2) is 54.6 Å². The Morgan fingerprint density at radius 2 is 1.91 bits per heavy atom. The van der Waals surface area contributed by atoms with Crippen LogP contribution in [0, 0.1) is 6.92 Å². The molecule has 1 aliphatic rings. The molecule has 0 bridgehead atoms. The first-order chi connectivity index (χ1) is 11.1. The van der Waals surface area contributed by atoms with Gasteiger partial charge in [-0.05, 0) is 36.8 Å². The maximum atomic E-state index is 11.0. The van der Waals surface area contributed by atoms with Crippen LogP contribution < -0.4 is 5.32 Å². The molecule has 114 valence electrons. The highest BCUT2D eigenvalue weighted by Crippen LogP contribution is 2.38. The maximum Gasteiger partial charge on any atom is 0.335 e. The molecule has 2 aromatic carbocycles. The van der Waals surface area contributed by atoms with Gasteiger partial charge in [0.1, 0.15) is 6.17 Å². The van der Waals surface area contributed by atoms with Crippen LogP contribution in [0.5, 0.6) is 0 Å². The van der Waals surface area contributed by atoms with Crippen molar-refractivity contribution < 1.29 is 9.90 Å². The number of aryl methyl sites for hydroxylation is 1. The first-order valence-electron chi connectivity index (χ1n) is 7.39. The number of nitrogens with zero attached hydrogens (tertiary/aromatic N) is 2. The van der Waals surface area contributed by atoms with E-state index in [-0.39, 0.29) is 11.7 Å². The number of hydrogen-bond donors (Lipinski definition) is 2. The second-order valence-corrected chi connectivity index (χ2v) is 5.64. The number of para-hydroxylation sites is 1. The summed E-state index contributed by atoms with van der Waals surface area (Å²) in [6.07, 6.45) is -0.156. The molecule has 1 unspecified atom stereocenters. The Morgan fingerprint density at radius 1 is 1.17 bits per heavy atom. The number of benzene rings is 2. The molecule has 0 amide bonds. The van der Waals surface area contributed by atoms with Gasteiger partial charge >= 0.3 is 5.97 Å². The number of carbonyl (C=O) groups is 1. The van der Waals surface area contributed by atoms with Gasteiger partial charge in [0.25, 0.3) is 0 Å². The highest BCUT2D eigenvalue weighted by atomic mass is 16.4. The summed E-state index contributed by atoms with van der Waals surface area (Å²) >= 11 is 0. The molecular formula is C18H15N3O2. The number of anilines is 1. The van der Waals surface area contributed by atoms with Crippen LogP contribution in [0.25, 0.3) is 11.3 Å². The van der Waals surface area contributed by atoms with Gasteiger partial charge in [-0.15, -0.1) is 0 Å². The fourth-order valence-corrected chi connectivity index (χ4v) is 2.99. The zero-order valence-corrected chi connectivity index (χ0v) is 12.5. The molecule has 5 nitrogen and oxygen atoms in total. The van der Waals surface area contributed by atoms with E-state index in [0.717, 1.165) is 28.2 Å². The zero-order chi connectivity index (χ0) is 16.0. The van der Waals surface area contributed by atoms with Crippen molar-refractivity contribution in [2.24, 2.45) is 0 Å². The number of rotatable bonds is 2. The van der Waals surface area contributed by atoms with Gasteiger partial charge in [0.15, 0.2) is 0 Å². The van der Waals surface area contributed by atoms with E-state index in [9.17, 15) is 4.79 Å². The van der Waals surface area contributed by atoms with E-state index in [2.05, 4.69) is 22.5 Å². The molecule has 0 radical (unpaired) electrons. The number of fused-ring (bicyclic) bond motifs is 3. The van der Waals surface area contributed by atoms with Crippen molar-refractivity contribution in [3.8, 4) is 11.3 Å². The third-order valence-corrected chi connectivity index (χ3v) is 4.07. The lowest BCUT2D eigenvalue weighted by Crippen LogP contribution is -2.25. The summed E-state index contributed by atoms with van der Waals surface area (Å²) in [7, 11) is 0. The van der Waals surface area contributed by atoms with Gasteiger partial charge < -0.3 is 10.4 Å². The average molecular weight is 305 g/mol. The molecule has 0 fully saturated rings. The molecule has 2 heterocycles. The van der Waals surface area contributed by atoms with Crippen molar-refractivity contribution in [2.45, 2.75) is 13.1 Å². The Morgan fingerprint density at radius 3 is 2.65 bits per heavy atom. The Kier molecular flexibility index (Phi) is 2.94. The number of carboxylic acid groups (broad SMARTS) is 1. The molecule has 5 heteroatoms. The molecular weight excluding hydrogens is 290 g/mol. The van der Waals surface area contributed by atoms with Crippen molar-refractivity contribution in [3.63, 3.8) is 0 Å². The van der Waals surface area contributed by atoms with Gasteiger partial charge in [-0.25, -0.2) is 9.48 Å². The monoisotopic (exact) mass is 305 g/mol. The topological polar surface area (TPSA) is 67.2 Å². The minimum Gasteiger partial charge on any atom is -0.478 e. The third-order valence-electron chi connectivity index (χ3n) is 4.07. The Labute approximate surface area is 133 Å². The van der Waals surface area contributed by atoms with Crippen LogP contribution in [-0.2, 0) is 0 Å². The largest absolute Gasteiger partial charge is 0.478 e. The van der Waals surface area contributed by atoms with Gasteiger partial charge in [-0.2, -0.15) is 5.10 Å². The maximum absolute atomic E-state index is 11.0. The average Bonchev–Trinajstić information content (AvgIpc) is 2.96. The molecule has 0 saturated carbocycles. The van der Waals surface area contributed by atoms with E-state index in [0.29, 0.717) is 0 Å². The minimum atomic E-state index is -0.922. The standard InChI is InChI=1S/C18H15N3O2/c1-11-10-16-14-4-2-3-5-15(14)19-17(21(16)20-11)12-6-8-13(9-7-12)18(22)23/h2-10,17,19H,1H3,(H,22,23). The van der Waals surface area contributed by atoms with E-state index in [1.165, 1.54) is 0 Å². The Bertz CT molecular complexity index is 897. The summed E-state index contributed by atoms with van der Waals surface area (Å²) in [6, 6.07) is 17.1. The fourth-order valence-electron chi connectivity index (χ4n) is 2.99. The minimum absolute atomic E-state index is 0.156. The van der Waals surface area contributed by atoms with Crippen LogP contribution in [0.1, 0.15) is 27.8 Å². The summed E-state index contributed by atoms with van der Waals surface area (Å²) in [5.41, 5.74) is 5.42. The predicted molar refractivity (Wildman–Crippen MR) is 87.6 cm³/mol. The summed E-state index contributed by atoms with van der Waals surface area (Å²) in [5.74, 6) is -0.922. The highest BCUT2D eigenvalue weighted by Gasteiger charge is 2.26. The molecule has 2 N–H and O–H groups in total. The van der Waals surface area contributed by atoms with Gasteiger partial charge in [-0.3, -0.25) is 0 Å². The number of aromatic carboxylic acids is 1. The molecule has 0 saturated heterocycles. The van der Waals surface area contributed by atoms with Gasteiger partial charge in [-0.1, -0.05) is 30.3 Å². The van der Waals surface area contributed by atoms with E-state index in [1.807, 2.05) is 41.9 Å². The summed E-state index contributed by atoms with van der Waals surface area (Å²) in [4.78, 5) is 11.0. The van der Waals surface area contributed by atoms with Crippen LogP contribution in [0.2, 0.25) is 0 Å². The quantitative estimate of drug-likeness (QED) is 0.760. The highest BCUT2D eigenvalue weighted by molar-refractivity contribution is 5.87. The fraction of sp³-hybridized carbons (Fsp3) is 0.111. The normalized spacial score (nSPS) is 15.4. The first-order valence-corrected chi connectivity index (χ1v) is 7.39. The van der Waals surface area contributed by atoms with Crippen LogP contribution in [0.4, 0.5) is 5.69 Å². The van der Waals surface area contributed by atoms with E-state index < -0.39 is 5.97 Å². The zero-order valence-electron chi connectivity index (χ0n) is 12.5. The van der Waals surface area contributed by atoms with E-state index in [4.69, 9.17) is 5.11 Å². The summed E-state index contributed by atoms with van der Waals surface area (Å²) in [6.45, 7) is 1.97. The lowest BCUT2D eigenvalue weighted by atomic mass is 10.0. The van der Waals surface area contributed by atoms with Crippen LogP contribution in [-0.4, -0.2) is 20.9 Å². The molecule has 0 aliphatic carbocycles. The summed E-state index contributed by atoms with van der Waals surface area (Å²) < 4.78 is 1.95. The molecule has 1 atom stereocenters. The van der Waals surface area contributed by atoms with E-state index in [1.54, 1.807) is 12.1 Å². The lowest BCUT2D eigenvalue weighted by molar-refractivity contribution is 0.0697. The molecule has 1 aliphatic heterocycles. The molecule has 1 aromatic heterocycles. The number of carboxylic acids is 1. The summed E-state index contributed by atoms with van der Waals surface area (Å²) in [5, 5.41) is 17.1. The van der Waals surface area contributed by atoms with Crippen molar-refractivity contribution in [2.75, 3.05) is 5.32 Å². The smallest absolute Gasteiger partial charge is 0.335 e. The van der Waals surface area contributed by atoms with Crippen LogP contribution in [0.3, 0.4) is 0 Å². The Balaban J connectivity index is 1.83. The number of hydrogen-bond acceptors (Lipinski definition) is 3. The van der Waals surface area contributed by atoms with Gasteiger partial charge in [0.2, 0.25) is 0 Å². The van der Waals surface area contributed by atoms with Gasteiger partial charge in [0.05, 0.1) is 17.0 Å². The van der Waals surface area contributed by atoms with E-state index >= 15 is 0 Å². The van der Waals surface area contributed by atoms with Crippen molar-refractivity contribution in [1.29, 1.82) is 0 Å². The second-order valence-electron chi connectivity index (χ2n) is 5.64. The Hall–Kier alpha value is -3.08. The lowest BCUT2D eigenvalue weighted by Gasteiger charge is -2.29. The third kappa shape index (κ3) is 2.17. The second kappa shape index (κ2) is 4.98. The molecule has 0 spiro atoms. The van der Waals surface area contributed by atoms with Crippen molar-refractivity contribution >= 4 is 11.7 Å². The van der Waals surface area contributed by atoms with Crippen LogP contribution >= 0.6 is 0 Å². The molecule has 23 heavy (non-hydrogen) atoms. The number of aromatic nitrogens is 2. The SMILES string of the molecule is Cc1cc2n(n1)C(c1ccc(C(=O)O)cc1)Nc1ccccc1-2. The number of nitrogens with one attached hydrogen (secondary N) is 1. The molecule has 3 aromatic rings.